The number of benzene rings is 1. The summed E-state index contributed by atoms with van der Waals surface area (Å²) in [6, 6.07) is 7.73. The van der Waals surface area contributed by atoms with Crippen molar-refractivity contribution in [2.24, 2.45) is 4.99 Å². The van der Waals surface area contributed by atoms with Crippen LogP contribution in [0.5, 0.6) is 0 Å². The number of nitrogen functional groups attached to an aromatic ring is 1. The van der Waals surface area contributed by atoms with E-state index in [0.717, 1.165) is 10.6 Å². The highest BCUT2D eigenvalue weighted by atomic mass is 32.2. The summed E-state index contributed by atoms with van der Waals surface area (Å²) < 4.78 is 0. The summed E-state index contributed by atoms with van der Waals surface area (Å²) in [6.45, 7) is 0. The van der Waals surface area contributed by atoms with Crippen LogP contribution in [0.15, 0.2) is 34.2 Å². The van der Waals surface area contributed by atoms with E-state index in [1.54, 1.807) is 24.4 Å². The molecule has 2 N–H and O–H groups in total. The van der Waals surface area contributed by atoms with Crippen molar-refractivity contribution in [3.63, 3.8) is 0 Å². The first kappa shape index (κ1) is 8.14. The van der Waals surface area contributed by atoms with Gasteiger partial charge in [0.2, 0.25) is 0 Å². The summed E-state index contributed by atoms with van der Waals surface area (Å²) in [6.07, 6.45) is 0. The Hall–Kier alpha value is -0.960. The Balaban J connectivity index is 2.71. The third-order valence-electron chi connectivity index (χ3n) is 1.15. The predicted octanol–water partition coefficient (Wildman–Crippen LogP) is 2.02. The highest BCUT2D eigenvalue weighted by molar-refractivity contribution is 8.12. The molecule has 0 atom stereocenters. The molecule has 1 aromatic rings. The van der Waals surface area contributed by atoms with Crippen LogP contribution in [-0.2, 0) is 0 Å². The molecule has 3 heteroatoms. The molecule has 2 nitrogen and oxygen atoms in total. The van der Waals surface area contributed by atoms with Crippen LogP contribution in [0.3, 0.4) is 0 Å². The highest BCUT2D eigenvalue weighted by Crippen LogP contribution is 2.17. The van der Waals surface area contributed by atoms with Crippen molar-refractivity contribution in [1.29, 1.82) is 0 Å². The van der Waals surface area contributed by atoms with E-state index in [9.17, 15) is 0 Å². The number of hydrogen-bond acceptors (Lipinski definition) is 3. The summed E-state index contributed by atoms with van der Waals surface area (Å²) in [4.78, 5) is 4.98. The first-order valence-electron chi connectivity index (χ1n) is 3.26. The summed E-state index contributed by atoms with van der Waals surface area (Å²) >= 11 is 1.56. The molecular formula is C8H10N2S. The van der Waals surface area contributed by atoms with Gasteiger partial charge >= 0.3 is 0 Å². The van der Waals surface area contributed by atoms with Crippen molar-refractivity contribution in [1.82, 2.24) is 0 Å². The smallest absolute Gasteiger partial charge is 0.0585 e. The Morgan fingerprint density at radius 1 is 1.55 bits per heavy atom. The average molecular weight is 166 g/mol. The summed E-state index contributed by atoms with van der Waals surface area (Å²) in [7, 11) is 1.75. The molecular weight excluding hydrogens is 156 g/mol. The van der Waals surface area contributed by atoms with E-state index in [4.69, 9.17) is 5.73 Å². The molecule has 0 fully saturated rings. The van der Waals surface area contributed by atoms with Crippen LogP contribution in [0.25, 0.3) is 0 Å². The molecule has 0 spiro atoms. The lowest BCUT2D eigenvalue weighted by atomic mass is 10.3. The molecule has 0 aliphatic heterocycles. The lowest BCUT2D eigenvalue weighted by Gasteiger charge is -1.95. The number of anilines is 1. The van der Waals surface area contributed by atoms with E-state index in [-0.39, 0.29) is 0 Å². The van der Waals surface area contributed by atoms with Crippen LogP contribution < -0.4 is 5.73 Å². The Bertz CT molecular complexity index is 258. The van der Waals surface area contributed by atoms with Gasteiger partial charge in [-0.05, 0) is 18.2 Å². The van der Waals surface area contributed by atoms with Gasteiger partial charge in [-0.2, -0.15) is 0 Å². The van der Waals surface area contributed by atoms with Crippen LogP contribution in [-0.4, -0.2) is 12.6 Å². The minimum absolute atomic E-state index is 0.791. The van der Waals surface area contributed by atoms with Crippen molar-refractivity contribution in [2.45, 2.75) is 4.90 Å². The molecule has 0 heterocycles. The maximum Gasteiger partial charge on any atom is 0.0585 e. The Morgan fingerprint density at radius 2 is 2.36 bits per heavy atom. The van der Waals surface area contributed by atoms with Crippen molar-refractivity contribution in [3.05, 3.63) is 24.3 Å². The van der Waals surface area contributed by atoms with E-state index in [2.05, 4.69) is 4.99 Å². The third-order valence-corrected chi connectivity index (χ3v) is 1.99. The number of rotatable bonds is 2. The monoisotopic (exact) mass is 166 g/mol. The van der Waals surface area contributed by atoms with Gasteiger partial charge in [-0.3, -0.25) is 4.99 Å². The lowest BCUT2D eigenvalue weighted by Crippen LogP contribution is -1.82. The molecule has 1 rings (SSSR count). The fourth-order valence-electron chi connectivity index (χ4n) is 0.701. The van der Waals surface area contributed by atoms with Gasteiger partial charge in [0.25, 0.3) is 0 Å². The second kappa shape index (κ2) is 4.03. The van der Waals surface area contributed by atoms with Crippen LogP contribution in [0.4, 0.5) is 5.69 Å². The van der Waals surface area contributed by atoms with Gasteiger partial charge in [0.15, 0.2) is 0 Å². The lowest BCUT2D eigenvalue weighted by molar-refractivity contribution is 1.46. The van der Waals surface area contributed by atoms with Crippen LogP contribution in [0.1, 0.15) is 0 Å². The van der Waals surface area contributed by atoms with Gasteiger partial charge in [0.05, 0.1) is 5.55 Å². The largest absolute Gasteiger partial charge is 0.399 e. The van der Waals surface area contributed by atoms with E-state index in [1.165, 1.54) is 0 Å². The SMILES string of the molecule is C/N=C\Sc1cccc(N)c1. The molecule has 0 radical (unpaired) electrons. The molecule has 1 aromatic carbocycles. The van der Waals surface area contributed by atoms with Crippen molar-refractivity contribution >= 4 is 23.0 Å². The number of hydrogen-bond donors (Lipinski definition) is 1. The third kappa shape index (κ3) is 2.63. The molecule has 11 heavy (non-hydrogen) atoms. The topological polar surface area (TPSA) is 38.4 Å². The zero-order chi connectivity index (χ0) is 8.10. The second-order valence-electron chi connectivity index (χ2n) is 2.05. The number of aliphatic imine (C=N–C) groups is 1. The predicted molar refractivity (Wildman–Crippen MR) is 51.1 cm³/mol. The second-order valence-corrected chi connectivity index (χ2v) is 2.97. The fourth-order valence-corrected chi connectivity index (χ4v) is 1.29. The summed E-state index contributed by atoms with van der Waals surface area (Å²) in [5.41, 5.74) is 8.15. The molecule has 0 aliphatic carbocycles. The molecule has 58 valence electrons. The maximum absolute atomic E-state index is 5.57. The minimum atomic E-state index is 0.791. The maximum atomic E-state index is 5.57. The van der Waals surface area contributed by atoms with E-state index in [0.29, 0.717) is 0 Å². The average Bonchev–Trinajstić information content (AvgIpc) is 2.01. The number of nitrogens with zero attached hydrogens (tertiary/aromatic N) is 1. The van der Waals surface area contributed by atoms with Crippen molar-refractivity contribution in [2.75, 3.05) is 12.8 Å². The van der Waals surface area contributed by atoms with Crippen molar-refractivity contribution < 1.29 is 0 Å². The van der Waals surface area contributed by atoms with E-state index in [1.807, 2.05) is 24.3 Å². The van der Waals surface area contributed by atoms with Crippen LogP contribution in [0, 0.1) is 0 Å². The van der Waals surface area contributed by atoms with E-state index < -0.39 is 0 Å². The first-order valence-corrected chi connectivity index (χ1v) is 4.13. The molecule has 0 aromatic heterocycles. The van der Waals surface area contributed by atoms with Crippen molar-refractivity contribution in [3.8, 4) is 0 Å². The normalized spacial score (nSPS) is 10.6. The molecule has 0 saturated heterocycles. The van der Waals surface area contributed by atoms with Gasteiger partial charge in [-0.15, -0.1) is 0 Å². The van der Waals surface area contributed by atoms with E-state index >= 15 is 0 Å². The van der Waals surface area contributed by atoms with Crippen LogP contribution in [0.2, 0.25) is 0 Å². The highest BCUT2D eigenvalue weighted by Gasteiger charge is 1.89. The number of thioether (sulfide) groups is 1. The zero-order valence-electron chi connectivity index (χ0n) is 6.32. The molecule has 0 bridgehead atoms. The zero-order valence-corrected chi connectivity index (χ0v) is 7.14. The Morgan fingerprint density at radius 3 is 3.00 bits per heavy atom. The van der Waals surface area contributed by atoms with Crippen LogP contribution >= 0.6 is 11.8 Å². The summed E-state index contributed by atoms with van der Waals surface area (Å²) in [5, 5.41) is 0. The Kier molecular flexibility index (Phi) is 2.98. The number of nitrogens with two attached hydrogens (primary N) is 1. The van der Waals surface area contributed by atoms with Gasteiger partial charge in [-0.25, -0.2) is 0 Å². The summed E-state index contributed by atoms with van der Waals surface area (Å²) in [5.74, 6) is 0. The molecule has 0 saturated carbocycles. The van der Waals surface area contributed by atoms with Gasteiger partial charge in [-0.1, -0.05) is 17.8 Å². The standard InChI is InChI=1S/C8H10N2S/c1-10-6-11-8-4-2-3-7(9)5-8/h2-6H,9H2,1H3/b10-6-. The van der Waals surface area contributed by atoms with Gasteiger partial charge < -0.3 is 5.73 Å². The molecule has 0 unspecified atom stereocenters. The molecule has 0 amide bonds. The fraction of sp³-hybridized carbons (Fsp3) is 0.125. The van der Waals surface area contributed by atoms with Gasteiger partial charge in [0.1, 0.15) is 0 Å². The first-order chi connectivity index (χ1) is 5.33. The van der Waals surface area contributed by atoms with Gasteiger partial charge in [0, 0.05) is 17.6 Å². The quantitative estimate of drug-likeness (QED) is 0.316. The Labute approximate surface area is 70.5 Å². The molecule has 0 aliphatic rings. The minimum Gasteiger partial charge on any atom is -0.399 e.